The Hall–Kier alpha value is -3.60. The number of benzene rings is 3. The van der Waals surface area contributed by atoms with E-state index in [9.17, 15) is 4.79 Å². The van der Waals surface area contributed by atoms with Gasteiger partial charge in [-0.15, -0.1) is 0 Å². The van der Waals surface area contributed by atoms with Crippen LogP contribution in [0.25, 0.3) is 33.4 Å². The van der Waals surface area contributed by atoms with Gasteiger partial charge in [0, 0.05) is 66.6 Å². The van der Waals surface area contributed by atoms with E-state index in [-0.39, 0.29) is 5.91 Å². The number of rotatable bonds is 23. The lowest BCUT2D eigenvalue weighted by molar-refractivity contribution is 0.0793. The number of hydrogen-bond donors (Lipinski definition) is 0. The summed E-state index contributed by atoms with van der Waals surface area (Å²) >= 11 is 0. The summed E-state index contributed by atoms with van der Waals surface area (Å²) in [6, 6.07) is 21.2. The van der Waals surface area contributed by atoms with E-state index in [0.717, 1.165) is 89.2 Å². The Morgan fingerprint density at radius 1 is 0.647 bits per heavy atom. The van der Waals surface area contributed by atoms with Gasteiger partial charge in [-0.3, -0.25) is 4.79 Å². The van der Waals surface area contributed by atoms with Crippen LogP contribution in [0.15, 0.2) is 65.1 Å². The number of anilines is 1. The fourth-order valence-electron chi connectivity index (χ4n) is 7.64. The molecule has 0 spiro atoms. The Morgan fingerprint density at radius 3 is 1.82 bits per heavy atom. The van der Waals surface area contributed by atoms with Gasteiger partial charge >= 0.3 is 0 Å². The first-order chi connectivity index (χ1) is 25.0. The van der Waals surface area contributed by atoms with Crippen molar-refractivity contribution < 1.29 is 9.21 Å². The van der Waals surface area contributed by atoms with Crippen molar-refractivity contribution in [3.63, 3.8) is 0 Å². The average molecular weight is 695 g/mol. The number of hydrogen-bond acceptors (Lipinski definition) is 3. The van der Waals surface area contributed by atoms with Crippen LogP contribution in [0.5, 0.6) is 0 Å². The first-order valence-corrected chi connectivity index (χ1v) is 20.7. The third kappa shape index (κ3) is 11.2. The number of fused-ring (bicyclic) bond motifs is 2. The van der Waals surface area contributed by atoms with Crippen molar-refractivity contribution in [1.82, 2.24) is 9.48 Å². The molecule has 2 aliphatic rings. The van der Waals surface area contributed by atoms with Crippen molar-refractivity contribution in [2.45, 2.75) is 131 Å². The van der Waals surface area contributed by atoms with E-state index in [1.165, 1.54) is 89.9 Å². The zero-order valence-corrected chi connectivity index (χ0v) is 33.1. The van der Waals surface area contributed by atoms with Crippen molar-refractivity contribution in [3.05, 3.63) is 71.6 Å². The zero-order valence-electron chi connectivity index (χ0n) is 33.1. The minimum Gasteiger partial charge on any atom is -0.456 e. The van der Waals surface area contributed by atoms with Crippen LogP contribution < -0.4 is 14.8 Å². The quantitative estimate of drug-likeness (QED) is 0.0441. The van der Waals surface area contributed by atoms with Gasteiger partial charge in [-0.2, -0.15) is 0 Å². The van der Waals surface area contributed by atoms with Crippen LogP contribution in [0.1, 0.15) is 141 Å². The molecule has 0 saturated carbocycles. The topological polar surface area (TPSA) is 39.7 Å². The van der Waals surface area contributed by atoms with Gasteiger partial charge in [0.15, 0.2) is 0 Å². The Kier molecular flexibility index (Phi) is 17.1. The molecule has 0 N–H and O–H groups in total. The molecule has 5 nitrogen and oxygen atoms in total. The van der Waals surface area contributed by atoms with Crippen LogP contribution in [-0.4, -0.2) is 50.6 Å². The second kappa shape index (κ2) is 21.7. The molecule has 0 aromatic heterocycles. The molecule has 5 heteroatoms. The van der Waals surface area contributed by atoms with E-state index in [0.29, 0.717) is 0 Å². The lowest BCUT2D eigenvalue weighted by Gasteiger charge is -2.23. The zero-order chi connectivity index (χ0) is 36.4. The summed E-state index contributed by atoms with van der Waals surface area (Å²) in [5.74, 6) is 0.921. The van der Waals surface area contributed by atoms with E-state index in [1.54, 1.807) is 0 Å². The second-order valence-electron chi connectivity index (χ2n) is 14.4. The summed E-state index contributed by atoms with van der Waals surface area (Å²) in [5, 5.41) is 2.17. The van der Waals surface area contributed by atoms with Gasteiger partial charge in [0.05, 0.1) is 6.07 Å². The largest absolute Gasteiger partial charge is 0.456 e. The molecule has 1 heterocycles. The molecule has 4 rings (SSSR count). The normalized spacial score (nSPS) is 11.4. The smallest absolute Gasteiger partial charge is 0.254 e. The second-order valence-corrected chi connectivity index (χ2v) is 14.4. The lowest BCUT2D eigenvalue weighted by atomic mass is 9.90. The molecule has 0 atom stereocenters. The van der Waals surface area contributed by atoms with E-state index in [4.69, 9.17) is 4.42 Å². The molecule has 0 saturated heterocycles. The van der Waals surface area contributed by atoms with Crippen molar-refractivity contribution in [2.75, 3.05) is 44.7 Å². The third-order valence-corrected chi connectivity index (χ3v) is 10.8. The van der Waals surface area contributed by atoms with E-state index in [2.05, 4.69) is 92.6 Å². The Morgan fingerprint density at radius 2 is 1.24 bits per heavy atom. The summed E-state index contributed by atoms with van der Waals surface area (Å²) < 4.78 is 9.05. The molecule has 2 aromatic carbocycles. The molecule has 0 unspecified atom stereocenters. The number of nitrogens with zero attached hydrogens (tertiary/aromatic N) is 3. The standard InChI is InChI=1S/C46H68N3O2/c1-7-12-13-14-15-16-17-18-19-20-21-22-23-24-27-34-47(6)46(50)40-29-26-25-28-39(40)45-41-32-30-37(48(8-2)9-3)35-43(41)51-44-36-38(31-33-42(44)45)49(10-4)11-5/h25-26,28-33,35-36H,7-24,27,34H2,1-6H3/q+1. The minimum absolute atomic E-state index is 0.0811. The fraction of sp³-hybridized carbons (Fsp3) is 0.565. The van der Waals surface area contributed by atoms with Crippen LogP contribution >= 0.6 is 0 Å². The molecule has 1 aliphatic heterocycles. The highest BCUT2D eigenvalue weighted by atomic mass is 16.3. The number of unbranched alkanes of at least 4 members (excludes halogenated alkanes) is 14. The van der Waals surface area contributed by atoms with Gasteiger partial charge in [0.2, 0.25) is 5.36 Å². The van der Waals surface area contributed by atoms with Crippen molar-refractivity contribution in [1.29, 1.82) is 0 Å². The van der Waals surface area contributed by atoms with Gasteiger partial charge in [-0.05, 0) is 63.9 Å². The fourth-order valence-corrected chi connectivity index (χ4v) is 7.64. The predicted octanol–water partition coefficient (Wildman–Crippen LogP) is 11.8. The molecule has 0 bridgehead atoms. The molecule has 0 fully saturated rings. The molecule has 0 radical (unpaired) electrons. The Bertz CT molecular complexity index is 1660. The van der Waals surface area contributed by atoms with E-state index >= 15 is 0 Å². The molecule has 2 aromatic rings. The summed E-state index contributed by atoms with van der Waals surface area (Å²) in [5.41, 5.74) is 5.78. The van der Waals surface area contributed by atoms with E-state index in [1.807, 2.05) is 24.1 Å². The first-order valence-electron chi connectivity index (χ1n) is 20.7. The van der Waals surface area contributed by atoms with Crippen molar-refractivity contribution in [3.8, 4) is 22.5 Å². The summed E-state index contributed by atoms with van der Waals surface area (Å²) in [6.45, 7) is 15.5. The molecule has 51 heavy (non-hydrogen) atoms. The third-order valence-electron chi connectivity index (χ3n) is 10.8. The predicted molar refractivity (Wildman–Crippen MR) is 220 cm³/mol. The molecular weight excluding hydrogens is 627 g/mol. The van der Waals surface area contributed by atoms with Gasteiger partial charge in [0.1, 0.15) is 24.4 Å². The van der Waals surface area contributed by atoms with Gasteiger partial charge in [0.25, 0.3) is 5.91 Å². The number of carbonyl (C=O) groups is 1. The van der Waals surface area contributed by atoms with Crippen LogP contribution in [0.2, 0.25) is 0 Å². The summed E-state index contributed by atoms with van der Waals surface area (Å²) in [7, 11) is 1.96. The van der Waals surface area contributed by atoms with E-state index < -0.39 is 0 Å². The average Bonchev–Trinajstić information content (AvgIpc) is 3.16. The monoisotopic (exact) mass is 695 g/mol. The Balaban J connectivity index is 1.45. The Labute approximate surface area is 310 Å². The maximum atomic E-state index is 14.1. The van der Waals surface area contributed by atoms with Crippen LogP contribution in [0, 0.1) is 0 Å². The molecule has 1 amide bonds. The maximum absolute atomic E-state index is 14.1. The maximum Gasteiger partial charge on any atom is 0.254 e. The van der Waals surface area contributed by atoms with Gasteiger partial charge in [-0.1, -0.05) is 115 Å². The SMILES string of the molecule is CCCCCCCCCCCCCCCCCN(C)C(=O)c1ccccc1-c1c2ccc(=[N+](CC)CC)cc-2oc2cc(N(CC)CC)ccc12. The highest BCUT2D eigenvalue weighted by molar-refractivity contribution is 6.09. The van der Waals surface area contributed by atoms with Crippen molar-refractivity contribution in [2.24, 2.45) is 0 Å². The molecule has 1 aliphatic carbocycles. The summed E-state index contributed by atoms with van der Waals surface area (Å²) in [6.07, 6.45) is 20.1. The minimum atomic E-state index is 0.0811. The molecular formula is C46H68N3O2+. The lowest BCUT2D eigenvalue weighted by Crippen LogP contribution is -2.29. The van der Waals surface area contributed by atoms with Crippen molar-refractivity contribution >= 4 is 22.6 Å². The van der Waals surface area contributed by atoms with Crippen LogP contribution in [0.3, 0.4) is 0 Å². The molecule has 278 valence electrons. The van der Waals surface area contributed by atoms with Gasteiger partial charge < -0.3 is 14.2 Å². The first kappa shape index (κ1) is 40.2. The number of amides is 1. The van der Waals surface area contributed by atoms with Gasteiger partial charge in [-0.25, -0.2) is 4.58 Å². The van der Waals surface area contributed by atoms with Crippen LogP contribution in [0.4, 0.5) is 5.69 Å². The van der Waals surface area contributed by atoms with Crippen LogP contribution in [-0.2, 0) is 0 Å². The highest BCUT2D eigenvalue weighted by Crippen LogP contribution is 2.42. The number of carbonyl (C=O) groups excluding carboxylic acids is 1. The summed E-state index contributed by atoms with van der Waals surface area (Å²) in [4.78, 5) is 18.4. The highest BCUT2D eigenvalue weighted by Gasteiger charge is 2.24.